The van der Waals surface area contributed by atoms with Crippen molar-refractivity contribution in [1.29, 1.82) is 0 Å². The summed E-state index contributed by atoms with van der Waals surface area (Å²) in [5, 5.41) is 1.38. The molecule has 1 saturated heterocycles. The fourth-order valence-corrected chi connectivity index (χ4v) is 8.47. The van der Waals surface area contributed by atoms with Gasteiger partial charge in [-0.05, 0) is 30.4 Å². The SMILES string of the molecule is COc1cccc2c(S3(OS(=O)(=O)C(F)(F)F)CCCC3)cccc12. The topological polar surface area (TPSA) is 52.6 Å². The van der Waals surface area contributed by atoms with Crippen molar-refractivity contribution in [1.82, 2.24) is 0 Å². The molecule has 138 valence electrons. The molecule has 4 nitrogen and oxygen atoms in total. The molecule has 0 aromatic heterocycles. The zero-order valence-electron chi connectivity index (χ0n) is 13.4. The lowest BCUT2D eigenvalue weighted by Gasteiger charge is -2.35. The summed E-state index contributed by atoms with van der Waals surface area (Å²) in [5.41, 5.74) is -5.43. The van der Waals surface area contributed by atoms with Gasteiger partial charge in [-0.2, -0.15) is 21.6 Å². The van der Waals surface area contributed by atoms with Crippen LogP contribution in [0, 0.1) is 0 Å². The van der Waals surface area contributed by atoms with Gasteiger partial charge in [0, 0.05) is 21.8 Å². The third-order valence-corrected chi connectivity index (χ3v) is 9.54. The molecule has 9 heteroatoms. The Morgan fingerprint density at radius 3 is 2.20 bits per heavy atom. The van der Waals surface area contributed by atoms with E-state index < -0.39 is 25.9 Å². The lowest BCUT2D eigenvalue weighted by atomic mass is 10.1. The highest BCUT2D eigenvalue weighted by Crippen LogP contribution is 2.65. The molecule has 0 atom stereocenters. The predicted octanol–water partition coefficient (Wildman–Crippen LogP) is 4.59. The Morgan fingerprint density at radius 1 is 1.00 bits per heavy atom. The van der Waals surface area contributed by atoms with Crippen LogP contribution in [0.1, 0.15) is 12.8 Å². The van der Waals surface area contributed by atoms with E-state index in [9.17, 15) is 21.6 Å². The van der Waals surface area contributed by atoms with Crippen molar-refractivity contribution in [2.45, 2.75) is 23.2 Å². The summed E-state index contributed by atoms with van der Waals surface area (Å²) in [7, 11) is -6.76. The first-order chi connectivity index (χ1) is 11.7. The Hall–Kier alpha value is -1.45. The van der Waals surface area contributed by atoms with E-state index in [-0.39, 0.29) is 0 Å². The van der Waals surface area contributed by atoms with Gasteiger partial charge in [-0.3, -0.25) is 0 Å². The molecular formula is C16H17F3O4S2. The van der Waals surface area contributed by atoms with Crippen LogP contribution in [0.25, 0.3) is 10.8 Å². The quantitative estimate of drug-likeness (QED) is 0.712. The minimum Gasteiger partial charge on any atom is -0.496 e. The van der Waals surface area contributed by atoms with Crippen LogP contribution < -0.4 is 4.74 Å². The summed E-state index contributed by atoms with van der Waals surface area (Å²) in [6, 6.07) is 10.4. The normalized spacial score (nSPS) is 19.0. The molecule has 0 aliphatic carbocycles. The summed E-state index contributed by atoms with van der Waals surface area (Å²) in [4.78, 5) is 0.522. The molecule has 25 heavy (non-hydrogen) atoms. The van der Waals surface area contributed by atoms with Gasteiger partial charge < -0.3 is 4.74 Å². The van der Waals surface area contributed by atoms with E-state index in [1.807, 2.05) is 0 Å². The first-order valence-electron chi connectivity index (χ1n) is 7.57. The van der Waals surface area contributed by atoms with Crippen LogP contribution in [0.15, 0.2) is 41.3 Å². The van der Waals surface area contributed by atoms with Gasteiger partial charge in [0.15, 0.2) is 0 Å². The van der Waals surface area contributed by atoms with Crippen molar-refractivity contribution in [2.24, 2.45) is 0 Å². The molecule has 2 aromatic carbocycles. The number of alkyl halides is 3. The first-order valence-corrected chi connectivity index (χ1v) is 10.9. The molecule has 0 unspecified atom stereocenters. The highest BCUT2D eigenvalue weighted by molar-refractivity contribution is 8.33. The van der Waals surface area contributed by atoms with Gasteiger partial charge in [0.25, 0.3) is 0 Å². The second kappa shape index (κ2) is 6.37. The van der Waals surface area contributed by atoms with Crippen LogP contribution in [0.4, 0.5) is 13.2 Å². The molecule has 1 aliphatic heterocycles. The molecule has 1 fully saturated rings. The van der Waals surface area contributed by atoms with Crippen molar-refractivity contribution in [3.8, 4) is 5.75 Å². The maximum absolute atomic E-state index is 12.9. The third kappa shape index (κ3) is 3.20. The molecule has 1 heterocycles. The molecule has 1 aliphatic rings. The van der Waals surface area contributed by atoms with Crippen LogP contribution in [-0.4, -0.2) is 32.5 Å². The molecule has 0 saturated carbocycles. The second-order valence-corrected chi connectivity index (χ2v) is 10.5. The average molecular weight is 394 g/mol. The van der Waals surface area contributed by atoms with E-state index in [0.29, 0.717) is 45.8 Å². The third-order valence-electron chi connectivity index (χ3n) is 4.16. The van der Waals surface area contributed by atoms with Crippen LogP contribution >= 0.6 is 10.3 Å². The number of hydrogen-bond acceptors (Lipinski definition) is 4. The maximum Gasteiger partial charge on any atom is 0.523 e. The summed E-state index contributed by atoms with van der Waals surface area (Å²) in [6.45, 7) is 0. The molecule has 0 radical (unpaired) electrons. The molecule has 3 rings (SSSR count). The average Bonchev–Trinajstić information content (AvgIpc) is 3.01. The Kier molecular flexibility index (Phi) is 4.67. The van der Waals surface area contributed by atoms with Gasteiger partial charge in [0.05, 0.1) is 7.11 Å². The molecular weight excluding hydrogens is 377 g/mol. The zero-order chi connectivity index (χ0) is 18.3. The lowest BCUT2D eigenvalue weighted by molar-refractivity contribution is -0.0496. The van der Waals surface area contributed by atoms with Gasteiger partial charge in [-0.25, -0.2) is 3.63 Å². The zero-order valence-corrected chi connectivity index (χ0v) is 15.0. The van der Waals surface area contributed by atoms with E-state index in [1.54, 1.807) is 36.4 Å². The number of ether oxygens (including phenoxy) is 1. The van der Waals surface area contributed by atoms with E-state index in [0.717, 1.165) is 0 Å². The minimum absolute atomic E-state index is 0.290. The molecule has 2 aromatic rings. The number of fused-ring (bicyclic) bond motifs is 1. The van der Waals surface area contributed by atoms with Gasteiger partial charge >= 0.3 is 15.6 Å². The Labute approximate surface area is 145 Å². The van der Waals surface area contributed by atoms with Crippen molar-refractivity contribution >= 4 is 31.2 Å². The van der Waals surface area contributed by atoms with Gasteiger partial charge in [0.1, 0.15) is 5.75 Å². The van der Waals surface area contributed by atoms with Gasteiger partial charge in [-0.1, -0.05) is 34.6 Å². The van der Waals surface area contributed by atoms with E-state index >= 15 is 0 Å². The smallest absolute Gasteiger partial charge is 0.496 e. The van der Waals surface area contributed by atoms with Crippen LogP contribution in [0.5, 0.6) is 5.75 Å². The molecule has 0 N–H and O–H groups in total. The van der Waals surface area contributed by atoms with Gasteiger partial charge in [-0.15, -0.1) is 0 Å². The number of rotatable bonds is 4. The van der Waals surface area contributed by atoms with Crippen molar-refractivity contribution in [3.63, 3.8) is 0 Å². The maximum atomic E-state index is 12.9. The number of hydrogen-bond donors (Lipinski definition) is 0. The Bertz CT molecular complexity index is 888. The number of benzene rings is 2. The van der Waals surface area contributed by atoms with E-state index in [1.165, 1.54) is 7.11 Å². The van der Waals surface area contributed by atoms with E-state index in [4.69, 9.17) is 8.37 Å². The second-order valence-electron chi connectivity index (χ2n) is 5.71. The fraction of sp³-hybridized carbons (Fsp3) is 0.375. The Morgan fingerprint density at radius 2 is 1.60 bits per heavy atom. The van der Waals surface area contributed by atoms with Crippen molar-refractivity contribution in [3.05, 3.63) is 36.4 Å². The van der Waals surface area contributed by atoms with Crippen LogP contribution in [-0.2, 0) is 13.7 Å². The Balaban J connectivity index is 2.19. The van der Waals surface area contributed by atoms with Gasteiger partial charge in [0.2, 0.25) is 0 Å². The van der Waals surface area contributed by atoms with E-state index in [2.05, 4.69) is 0 Å². The highest BCUT2D eigenvalue weighted by atomic mass is 32.3. The fourth-order valence-electron chi connectivity index (χ4n) is 3.06. The van der Waals surface area contributed by atoms with Crippen molar-refractivity contribution in [2.75, 3.05) is 18.6 Å². The monoisotopic (exact) mass is 394 g/mol. The summed E-state index contributed by atoms with van der Waals surface area (Å²) in [5.74, 6) is 1.16. The van der Waals surface area contributed by atoms with Crippen LogP contribution in [0.2, 0.25) is 0 Å². The largest absolute Gasteiger partial charge is 0.523 e. The molecule has 0 spiro atoms. The summed E-state index contributed by atoms with van der Waals surface area (Å²) >= 11 is 0. The summed E-state index contributed by atoms with van der Waals surface area (Å²) in [6.07, 6.45) is 1.26. The molecule has 0 bridgehead atoms. The van der Waals surface area contributed by atoms with Crippen LogP contribution in [0.3, 0.4) is 0 Å². The number of methoxy groups -OCH3 is 1. The molecule has 0 amide bonds. The minimum atomic E-state index is -5.67. The lowest BCUT2D eigenvalue weighted by Crippen LogP contribution is -2.27. The standard InChI is InChI=1S/C16H17F3O4S2/c1-22-14-8-4-7-13-12(14)6-5-9-15(13)24(10-2-3-11-24)23-25(20,21)16(17,18)19/h4-9H,2-3,10-11H2,1H3. The number of halogens is 3. The van der Waals surface area contributed by atoms with Crippen molar-refractivity contribution < 1.29 is 30.0 Å². The first kappa shape index (κ1) is 18.3. The predicted molar refractivity (Wildman–Crippen MR) is 91.4 cm³/mol. The summed E-state index contributed by atoms with van der Waals surface area (Å²) < 4.78 is 72.3. The highest BCUT2D eigenvalue weighted by Gasteiger charge is 2.52.